The number of benzene rings is 2. The molecule has 0 fully saturated rings. The molecule has 0 amide bonds. The number of hydrogen-bond acceptors (Lipinski definition) is 2. The second-order valence-corrected chi connectivity index (χ2v) is 4.07. The lowest BCUT2D eigenvalue weighted by Gasteiger charge is -2.08. The Balaban J connectivity index is 2.28. The molecule has 2 aromatic rings. The van der Waals surface area contributed by atoms with Gasteiger partial charge in [-0.05, 0) is 40.2 Å². The normalized spacial score (nSPS) is 10.1. The zero-order chi connectivity index (χ0) is 11.5. The van der Waals surface area contributed by atoms with Gasteiger partial charge in [-0.25, -0.2) is 4.39 Å². The number of halogens is 2. The van der Waals surface area contributed by atoms with Crippen LogP contribution in [0.3, 0.4) is 0 Å². The second kappa shape index (κ2) is 4.53. The Morgan fingerprint density at radius 1 is 1.12 bits per heavy atom. The number of nitrogens with two attached hydrogens (primary N) is 1. The lowest BCUT2D eigenvalue weighted by molar-refractivity contribution is 0.478. The van der Waals surface area contributed by atoms with Crippen LogP contribution in [-0.2, 0) is 0 Å². The summed E-state index contributed by atoms with van der Waals surface area (Å²) in [4.78, 5) is 0. The summed E-state index contributed by atoms with van der Waals surface area (Å²) >= 11 is 3.07. The molecule has 2 nitrogen and oxygen atoms in total. The third-order valence-electron chi connectivity index (χ3n) is 2.04. The van der Waals surface area contributed by atoms with Crippen molar-refractivity contribution in [1.29, 1.82) is 0 Å². The first-order valence-electron chi connectivity index (χ1n) is 4.64. The highest BCUT2D eigenvalue weighted by Crippen LogP contribution is 2.28. The summed E-state index contributed by atoms with van der Waals surface area (Å²) in [6.07, 6.45) is 0. The van der Waals surface area contributed by atoms with Gasteiger partial charge in [0.1, 0.15) is 17.3 Å². The largest absolute Gasteiger partial charge is 0.455 e. The Morgan fingerprint density at radius 3 is 2.56 bits per heavy atom. The Kier molecular flexibility index (Phi) is 3.10. The van der Waals surface area contributed by atoms with Gasteiger partial charge in [-0.15, -0.1) is 0 Å². The number of ether oxygens (including phenoxy) is 1. The average molecular weight is 282 g/mol. The highest BCUT2D eigenvalue weighted by molar-refractivity contribution is 9.10. The van der Waals surface area contributed by atoms with E-state index in [9.17, 15) is 4.39 Å². The van der Waals surface area contributed by atoms with Crippen molar-refractivity contribution in [2.75, 3.05) is 5.73 Å². The minimum atomic E-state index is -0.369. The molecule has 0 spiro atoms. The van der Waals surface area contributed by atoms with Crippen molar-refractivity contribution in [3.05, 3.63) is 52.8 Å². The van der Waals surface area contributed by atoms with Gasteiger partial charge in [-0.1, -0.05) is 12.1 Å². The zero-order valence-electron chi connectivity index (χ0n) is 8.28. The molecule has 2 aromatic carbocycles. The summed E-state index contributed by atoms with van der Waals surface area (Å²) in [5, 5.41) is 0. The van der Waals surface area contributed by atoms with Gasteiger partial charge >= 0.3 is 0 Å². The van der Waals surface area contributed by atoms with E-state index in [1.54, 1.807) is 30.3 Å². The summed E-state index contributed by atoms with van der Waals surface area (Å²) in [5.41, 5.74) is 6.23. The quantitative estimate of drug-likeness (QED) is 0.846. The molecule has 0 bridgehead atoms. The molecule has 0 unspecified atom stereocenters. The highest BCUT2D eigenvalue weighted by atomic mass is 79.9. The van der Waals surface area contributed by atoms with E-state index in [2.05, 4.69) is 15.9 Å². The molecule has 4 heteroatoms. The first-order chi connectivity index (χ1) is 7.66. The van der Waals surface area contributed by atoms with Gasteiger partial charge in [0, 0.05) is 6.07 Å². The predicted octanol–water partition coefficient (Wildman–Crippen LogP) is 3.96. The Bertz CT molecular complexity index is 516. The lowest BCUT2D eigenvalue weighted by atomic mass is 10.3. The zero-order valence-corrected chi connectivity index (χ0v) is 9.87. The first kappa shape index (κ1) is 11.0. The van der Waals surface area contributed by atoms with Crippen molar-refractivity contribution in [2.24, 2.45) is 0 Å². The smallest absolute Gasteiger partial charge is 0.150 e. The Labute approximate surface area is 101 Å². The summed E-state index contributed by atoms with van der Waals surface area (Å²) < 4.78 is 19.1. The van der Waals surface area contributed by atoms with Gasteiger partial charge in [0.25, 0.3) is 0 Å². The van der Waals surface area contributed by atoms with Crippen LogP contribution in [-0.4, -0.2) is 0 Å². The maximum atomic E-state index is 13.2. The van der Waals surface area contributed by atoms with E-state index in [4.69, 9.17) is 10.5 Å². The number of para-hydroxylation sites is 2. The minimum Gasteiger partial charge on any atom is -0.455 e. The minimum absolute atomic E-state index is 0.369. The predicted molar refractivity (Wildman–Crippen MR) is 65.0 cm³/mol. The van der Waals surface area contributed by atoms with Crippen LogP contribution in [0.2, 0.25) is 0 Å². The molecule has 2 N–H and O–H groups in total. The fourth-order valence-electron chi connectivity index (χ4n) is 1.24. The fraction of sp³-hybridized carbons (Fsp3) is 0. The molecule has 0 aliphatic heterocycles. The number of nitrogen functional groups attached to an aromatic ring is 1. The third kappa shape index (κ3) is 2.33. The highest BCUT2D eigenvalue weighted by Gasteiger charge is 2.04. The van der Waals surface area contributed by atoms with Gasteiger partial charge in [0.2, 0.25) is 0 Å². The van der Waals surface area contributed by atoms with Crippen LogP contribution in [0.1, 0.15) is 0 Å². The van der Waals surface area contributed by atoms with Crippen LogP contribution < -0.4 is 10.5 Å². The maximum absolute atomic E-state index is 13.2. The Morgan fingerprint density at radius 2 is 1.88 bits per heavy atom. The van der Waals surface area contributed by atoms with Gasteiger partial charge < -0.3 is 10.5 Å². The van der Waals surface area contributed by atoms with Crippen molar-refractivity contribution >= 4 is 21.6 Å². The molecule has 0 saturated heterocycles. The fourth-order valence-corrected chi connectivity index (χ4v) is 1.49. The van der Waals surface area contributed by atoms with Crippen LogP contribution in [0.15, 0.2) is 46.9 Å². The molecule has 0 heterocycles. The van der Waals surface area contributed by atoms with Crippen LogP contribution in [0.25, 0.3) is 0 Å². The van der Waals surface area contributed by atoms with E-state index in [0.29, 0.717) is 21.7 Å². The summed E-state index contributed by atoms with van der Waals surface area (Å²) in [6, 6.07) is 11.6. The molecule has 0 radical (unpaired) electrons. The van der Waals surface area contributed by atoms with Crippen LogP contribution in [0.4, 0.5) is 10.1 Å². The van der Waals surface area contributed by atoms with Crippen LogP contribution in [0.5, 0.6) is 11.5 Å². The van der Waals surface area contributed by atoms with E-state index >= 15 is 0 Å². The molecule has 82 valence electrons. The third-order valence-corrected chi connectivity index (χ3v) is 2.68. The summed E-state index contributed by atoms with van der Waals surface area (Å²) in [6.45, 7) is 0. The maximum Gasteiger partial charge on any atom is 0.150 e. The van der Waals surface area contributed by atoms with E-state index in [1.807, 2.05) is 6.07 Å². The first-order valence-corrected chi connectivity index (χ1v) is 5.43. The van der Waals surface area contributed by atoms with Crippen LogP contribution in [0, 0.1) is 5.82 Å². The van der Waals surface area contributed by atoms with Gasteiger partial charge in [0.05, 0.1) is 10.2 Å². The van der Waals surface area contributed by atoms with E-state index in [-0.39, 0.29) is 5.82 Å². The van der Waals surface area contributed by atoms with Crippen molar-refractivity contribution in [2.45, 2.75) is 0 Å². The molecule has 0 atom stereocenters. The number of rotatable bonds is 2. The molecule has 0 saturated carbocycles. The molecule has 2 rings (SSSR count). The molecule has 0 aliphatic carbocycles. The topological polar surface area (TPSA) is 35.2 Å². The van der Waals surface area contributed by atoms with Crippen LogP contribution >= 0.6 is 15.9 Å². The monoisotopic (exact) mass is 281 g/mol. The number of anilines is 1. The molecular weight excluding hydrogens is 273 g/mol. The second-order valence-electron chi connectivity index (χ2n) is 3.22. The SMILES string of the molecule is Nc1ccccc1Oc1ccc(Br)c(F)c1. The molecular formula is C12H9BrFNO. The van der Waals surface area contributed by atoms with Gasteiger partial charge in [0.15, 0.2) is 0 Å². The van der Waals surface area contributed by atoms with E-state index in [0.717, 1.165) is 0 Å². The molecule has 0 aromatic heterocycles. The summed E-state index contributed by atoms with van der Waals surface area (Å²) in [7, 11) is 0. The van der Waals surface area contributed by atoms with E-state index < -0.39 is 0 Å². The Hall–Kier alpha value is -1.55. The van der Waals surface area contributed by atoms with Crippen molar-refractivity contribution in [1.82, 2.24) is 0 Å². The van der Waals surface area contributed by atoms with Crippen molar-refractivity contribution in [3.63, 3.8) is 0 Å². The molecule has 0 aliphatic rings. The molecule has 16 heavy (non-hydrogen) atoms. The van der Waals surface area contributed by atoms with Crippen molar-refractivity contribution < 1.29 is 9.13 Å². The standard InChI is InChI=1S/C12H9BrFNO/c13-9-6-5-8(7-10(9)14)16-12-4-2-1-3-11(12)15/h1-7H,15H2. The van der Waals surface area contributed by atoms with E-state index in [1.165, 1.54) is 6.07 Å². The number of hydrogen-bond donors (Lipinski definition) is 1. The van der Waals surface area contributed by atoms with Gasteiger partial charge in [-0.3, -0.25) is 0 Å². The van der Waals surface area contributed by atoms with Gasteiger partial charge in [-0.2, -0.15) is 0 Å². The lowest BCUT2D eigenvalue weighted by Crippen LogP contribution is -1.91. The van der Waals surface area contributed by atoms with Crippen molar-refractivity contribution in [3.8, 4) is 11.5 Å². The average Bonchev–Trinajstić information content (AvgIpc) is 2.27. The summed E-state index contributed by atoms with van der Waals surface area (Å²) in [5.74, 6) is 0.565.